The highest BCUT2D eigenvalue weighted by Gasteiger charge is 2.16. The number of rotatable bonds is 7. The van der Waals surface area contributed by atoms with Crippen LogP contribution in [0.4, 0.5) is 0 Å². The van der Waals surface area contributed by atoms with E-state index in [1.165, 1.54) is 4.68 Å². The largest absolute Gasteiger partial charge is 0.488 e. The molecule has 8 heteroatoms. The molecule has 0 radical (unpaired) electrons. The molecule has 0 saturated heterocycles. The van der Waals surface area contributed by atoms with Gasteiger partial charge in [0.15, 0.2) is 0 Å². The molecule has 0 aliphatic carbocycles. The van der Waals surface area contributed by atoms with E-state index in [0.717, 1.165) is 16.5 Å². The molecule has 0 spiro atoms. The number of benzene rings is 3. The van der Waals surface area contributed by atoms with E-state index in [4.69, 9.17) is 32.9 Å². The molecule has 34 heavy (non-hydrogen) atoms. The fourth-order valence-corrected chi connectivity index (χ4v) is 4.06. The molecule has 4 aromatic rings. The smallest absolute Gasteiger partial charge is 0.282 e. The number of fused-ring (bicyclic) bond motifs is 1. The lowest BCUT2D eigenvalue weighted by molar-refractivity contribution is 0.306. The van der Waals surface area contributed by atoms with Crippen molar-refractivity contribution in [3.8, 4) is 5.75 Å². The van der Waals surface area contributed by atoms with Crippen LogP contribution in [0.2, 0.25) is 10.0 Å². The van der Waals surface area contributed by atoms with Crippen LogP contribution in [0, 0.1) is 0 Å². The van der Waals surface area contributed by atoms with Crippen molar-refractivity contribution < 1.29 is 4.74 Å². The maximum atomic E-state index is 13.4. The van der Waals surface area contributed by atoms with E-state index >= 15 is 0 Å². The monoisotopic (exact) mass is 557 g/mol. The molecule has 5 nitrogen and oxygen atoms in total. The Morgan fingerprint density at radius 3 is 2.56 bits per heavy atom. The Hall–Kier alpha value is -2.67. The highest BCUT2D eigenvalue weighted by atomic mass is 79.9. The first-order valence-corrected chi connectivity index (χ1v) is 12.3. The molecule has 1 aromatic heterocycles. The first-order chi connectivity index (χ1) is 16.4. The van der Waals surface area contributed by atoms with Crippen LogP contribution in [0.3, 0.4) is 0 Å². The van der Waals surface area contributed by atoms with Gasteiger partial charge in [-0.3, -0.25) is 4.79 Å². The van der Waals surface area contributed by atoms with Crippen LogP contribution in [-0.4, -0.2) is 15.9 Å². The fraction of sp³-hybridized carbons (Fsp3) is 0.192. The zero-order chi connectivity index (χ0) is 24.2. The summed E-state index contributed by atoms with van der Waals surface area (Å²) in [5, 5.41) is 6.23. The van der Waals surface area contributed by atoms with Gasteiger partial charge in [0.25, 0.3) is 5.56 Å². The predicted molar refractivity (Wildman–Crippen MR) is 143 cm³/mol. The topological polar surface area (TPSA) is 56.5 Å². The summed E-state index contributed by atoms with van der Waals surface area (Å²) in [6.45, 7) is 4.43. The fourth-order valence-electron chi connectivity index (χ4n) is 3.39. The van der Waals surface area contributed by atoms with Gasteiger partial charge < -0.3 is 4.74 Å². The molecule has 0 unspecified atom stereocenters. The van der Waals surface area contributed by atoms with E-state index in [1.807, 2.05) is 43.3 Å². The van der Waals surface area contributed by atoms with Gasteiger partial charge in [0.2, 0.25) is 0 Å². The zero-order valence-electron chi connectivity index (χ0n) is 18.6. The molecule has 1 heterocycles. The molecule has 0 fully saturated rings. The van der Waals surface area contributed by atoms with Crippen LogP contribution in [0.25, 0.3) is 10.9 Å². The SMILES string of the molecule is CC[C@H](C)c1nc2ccc(Br)cc2c(=O)n1N=Cc1cc(Cl)ccc1OCc1ccc(Cl)cc1. The molecule has 0 bridgehead atoms. The number of hydrogen-bond acceptors (Lipinski definition) is 4. The second-order valence-electron chi connectivity index (χ2n) is 7.90. The Kier molecular flexibility index (Phi) is 7.71. The van der Waals surface area contributed by atoms with Gasteiger partial charge in [-0.2, -0.15) is 9.78 Å². The van der Waals surface area contributed by atoms with Crippen molar-refractivity contribution in [1.82, 2.24) is 9.66 Å². The normalized spacial score (nSPS) is 12.4. The summed E-state index contributed by atoms with van der Waals surface area (Å²) in [6, 6.07) is 18.2. The van der Waals surface area contributed by atoms with Crippen molar-refractivity contribution in [1.29, 1.82) is 0 Å². The lowest BCUT2D eigenvalue weighted by Gasteiger charge is -2.14. The van der Waals surface area contributed by atoms with Crippen LogP contribution in [0.15, 0.2) is 75.0 Å². The Morgan fingerprint density at radius 1 is 1.09 bits per heavy atom. The maximum absolute atomic E-state index is 13.4. The lowest BCUT2D eigenvalue weighted by Crippen LogP contribution is -2.23. The standard InChI is InChI=1S/C26H22BrCl2N3O2/c1-3-16(2)25-31-23-10-6-19(27)13-22(23)26(33)32(25)30-14-18-12-21(29)9-11-24(18)34-15-17-4-7-20(28)8-5-17/h4-14,16H,3,15H2,1-2H3/t16-/m0/s1. The number of ether oxygens (including phenoxy) is 1. The van der Waals surface area contributed by atoms with Crippen molar-refractivity contribution in [2.24, 2.45) is 5.10 Å². The van der Waals surface area contributed by atoms with Gasteiger partial charge in [-0.25, -0.2) is 4.98 Å². The van der Waals surface area contributed by atoms with Crippen molar-refractivity contribution in [2.75, 3.05) is 0 Å². The molecule has 174 valence electrons. The molecule has 0 saturated carbocycles. The zero-order valence-corrected chi connectivity index (χ0v) is 21.7. The van der Waals surface area contributed by atoms with Crippen LogP contribution in [-0.2, 0) is 6.61 Å². The quantitative estimate of drug-likeness (QED) is 0.221. The van der Waals surface area contributed by atoms with Crippen molar-refractivity contribution >= 4 is 56.2 Å². The summed E-state index contributed by atoms with van der Waals surface area (Å²) in [7, 11) is 0. The van der Waals surface area contributed by atoms with Crippen LogP contribution in [0.5, 0.6) is 5.75 Å². The van der Waals surface area contributed by atoms with Crippen molar-refractivity contribution in [3.63, 3.8) is 0 Å². The third-order valence-electron chi connectivity index (χ3n) is 5.48. The van der Waals surface area contributed by atoms with Crippen molar-refractivity contribution in [3.05, 3.63) is 102 Å². The number of halogens is 3. The number of hydrogen-bond donors (Lipinski definition) is 0. The Bertz CT molecular complexity index is 1420. The number of nitrogens with zero attached hydrogens (tertiary/aromatic N) is 3. The van der Waals surface area contributed by atoms with Gasteiger partial charge in [0.05, 0.1) is 17.1 Å². The Morgan fingerprint density at radius 2 is 1.82 bits per heavy atom. The molecule has 0 N–H and O–H groups in total. The first kappa shape index (κ1) is 24.5. The van der Waals surface area contributed by atoms with E-state index in [9.17, 15) is 4.79 Å². The minimum absolute atomic E-state index is 0.0397. The van der Waals surface area contributed by atoms with Gasteiger partial charge in [-0.05, 0) is 60.5 Å². The Balaban J connectivity index is 1.73. The van der Waals surface area contributed by atoms with Gasteiger partial charge in [0.1, 0.15) is 18.2 Å². The molecule has 0 amide bonds. The second-order valence-corrected chi connectivity index (χ2v) is 9.69. The summed E-state index contributed by atoms with van der Waals surface area (Å²) in [4.78, 5) is 18.1. The molecule has 4 rings (SSSR count). The minimum Gasteiger partial charge on any atom is -0.488 e. The molecule has 1 atom stereocenters. The summed E-state index contributed by atoms with van der Waals surface area (Å²) in [6.07, 6.45) is 2.40. The molecule has 0 aliphatic heterocycles. The third-order valence-corrected chi connectivity index (χ3v) is 6.46. The van der Waals surface area contributed by atoms with E-state index in [-0.39, 0.29) is 11.5 Å². The van der Waals surface area contributed by atoms with Crippen LogP contribution < -0.4 is 10.3 Å². The maximum Gasteiger partial charge on any atom is 0.282 e. The molecule has 0 aliphatic rings. The average Bonchev–Trinajstić information content (AvgIpc) is 2.83. The molecular weight excluding hydrogens is 537 g/mol. The van der Waals surface area contributed by atoms with Gasteiger partial charge in [-0.1, -0.05) is 65.1 Å². The minimum atomic E-state index is -0.233. The van der Waals surface area contributed by atoms with E-state index < -0.39 is 0 Å². The lowest BCUT2D eigenvalue weighted by atomic mass is 10.1. The second kappa shape index (κ2) is 10.7. The summed E-state index contributed by atoms with van der Waals surface area (Å²) >= 11 is 15.6. The van der Waals surface area contributed by atoms with Crippen LogP contribution in [0.1, 0.15) is 43.1 Å². The molecule has 3 aromatic carbocycles. The van der Waals surface area contributed by atoms with E-state index in [1.54, 1.807) is 30.5 Å². The van der Waals surface area contributed by atoms with E-state index in [0.29, 0.717) is 44.7 Å². The number of aromatic nitrogens is 2. The van der Waals surface area contributed by atoms with Gasteiger partial charge >= 0.3 is 0 Å². The first-order valence-electron chi connectivity index (χ1n) is 10.8. The van der Waals surface area contributed by atoms with Crippen LogP contribution >= 0.6 is 39.1 Å². The predicted octanol–water partition coefficient (Wildman–Crippen LogP) is 7.44. The highest BCUT2D eigenvalue weighted by molar-refractivity contribution is 9.10. The molecular formula is C26H22BrCl2N3O2. The summed E-state index contributed by atoms with van der Waals surface area (Å²) in [5.41, 5.74) is 2.04. The summed E-state index contributed by atoms with van der Waals surface area (Å²) in [5.74, 6) is 1.24. The van der Waals surface area contributed by atoms with Crippen molar-refractivity contribution in [2.45, 2.75) is 32.8 Å². The summed E-state index contributed by atoms with van der Waals surface area (Å²) < 4.78 is 8.19. The average molecular weight is 559 g/mol. The van der Waals surface area contributed by atoms with Gasteiger partial charge in [-0.15, -0.1) is 0 Å². The Labute approximate surface area is 216 Å². The third kappa shape index (κ3) is 5.52. The highest BCUT2D eigenvalue weighted by Crippen LogP contribution is 2.24. The van der Waals surface area contributed by atoms with E-state index in [2.05, 4.69) is 28.0 Å². The van der Waals surface area contributed by atoms with Gasteiger partial charge in [0, 0.05) is 26.0 Å².